The van der Waals surface area contributed by atoms with Gasteiger partial charge in [0.1, 0.15) is 0 Å². The number of sulfonamides is 1. The van der Waals surface area contributed by atoms with Crippen molar-refractivity contribution in [1.29, 1.82) is 0 Å². The zero-order chi connectivity index (χ0) is 15.6. The standard InChI is InChI=1S/C14H22N2O4S/c1-10-9-20-13(8-17)7-16(10)21(18,19)14-5-3-4-12(6-14)11(2)15/h3-6,10-11,13,17H,7-9,15H2,1-2H3. The zero-order valence-corrected chi connectivity index (χ0v) is 13.1. The molecule has 1 saturated heterocycles. The summed E-state index contributed by atoms with van der Waals surface area (Å²) in [6, 6.07) is 6.18. The molecule has 0 spiro atoms. The molecule has 7 heteroatoms. The SMILES string of the molecule is CC(N)c1cccc(S(=O)(=O)N2CC(CO)OCC2C)c1. The van der Waals surface area contributed by atoms with Crippen LogP contribution in [0.5, 0.6) is 0 Å². The molecule has 1 aromatic carbocycles. The number of hydrogen-bond acceptors (Lipinski definition) is 5. The van der Waals surface area contributed by atoms with Crippen LogP contribution in [-0.4, -0.2) is 49.7 Å². The summed E-state index contributed by atoms with van der Waals surface area (Å²) in [4.78, 5) is 0.225. The van der Waals surface area contributed by atoms with Gasteiger partial charge in [0.25, 0.3) is 0 Å². The van der Waals surface area contributed by atoms with E-state index in [-0.39, 0.29) is 36.7 Å². The molecule has 1 fully saturated rings. The molecule has 0 radical (unpaired) electrons. The molecule has 6 nitrogen and oxygen atoms in total. The van der Waals surface area contributed by atoms with Crippen molar-refractivity contribution in [3.05, 3.63) is 29.8 Å². The van der Waals surface area contributed by atoms with Crippen LogP contribution in [0.1, 0.15) is 25.5 Å². The van der Waals surface area contributed by atoms with Gasteiger partial charge in [-0.05, 0) is 31.5 Å². The molecule has 0 amide bonds. The molecule has 3 unspecified atom stereocenters. The van der Waals surface area contributed by atoms with Crippen molar-refractivity contribution in [3.63, 3.8) is 0 Å². The number of aliphatic hydroxyl groups excluding tert-OH is 1. The predicted molar refractivity (Wildman–Crippen MR) is 79.2 cm³/mol. The van der Waals surface area contributed by atoms with Gasteiger partial charge in [0.15, 0.2) is 0 Å². The van der Waals surface area contributed by atoms with Crippen LogP contribution in [-0.2, 0) is 14.8 Å². The van der Waals surface area contributed by atoms with Crippen molar-refractivity contribution in [2.75, 3.05) is 19.8 Å². The maximum absolute atomic E-state index is 12.8. The van der Waals surface area contributed by atoms with E-state index in [1.54, 1.807) is 25.1 Å². The Morgan fingerprint density at radius 2 is 2.24 bits per heavy atom. The normalized spacial score (nSPS) is 25.7. The Labute approximate surface area is 125 Å². The van der Waals surface area contributed by atoms with E-state index in [1.165, 1.54) is 4.31 Å². The minimum atomic E-state index is -3.62. The maximum Gasteiger partial charge on any atom is 0.243 e. The molecule has 1 aliphatic rings. The Morgan fingerprint density at radius 3 is 2.86 bits per heavy atom. The highest BCUT2D eigenvalue weighted by atomic mass is 32.2. The quantitative estimate of drug-likeness (QED) is 0.843. The number of nitrogens with two attached hydrogens (primary N) is 1. The molecule has 2 rings (SSSR count). The second kappa shape index (κ2) is 6.41. The Morgan fingerprint density at radius 1 is 1.52 bits per heavy atom. The highest BCUT2D eigenvalue weighted by Crippen LogP contribution is 2.24. The summed E-state index contributed by atoms with van der Waals surface area (Å²) in [5, 5.41) is 9.19. The summed E-state index contributed by atoms with van der Waals surface area (Å²) in [5.74, 6) is 0. The van der Waals surface area contributed by atoms with Crippen LogP contribution < -0.4 is 5.73 Å². The first kappa shape index (κ1) is 16.4. The topological polar surface area (TPSA) is 92.9 Å². The Balaban J connectivity index is 2.34. The van der Waals surface area contributed by atoms with Crippen LogP contribution >= 0.6 is 0 Å². The minimum absolute atomic E-state index is 0.155. The fourth-order valence-electron chi connectivity index (χ4n) is 2.33. The molecule has 3 atom stereocenters. The number of benzene rings is 1. The molecular weight excluding hydrogens is 292 g/mol. The van der Waals surface area contributed by atoms with Crippen LogP contribution in [0.25, 0.3) is 0 Å². The van der Waals surface area contributed by atoms with E-state index >= 15 is 0 Å². The third-order valence-electron chi connectivity index (χ3n) is 3.64. The molecule has 1 heterocycles. The zero-order valence-electron chi connectivity index (χ0n) is 12.3. The van der Waals surface area contributed by atoms with Gasteiger partial charge in [0, 0.05) is 18.6 Å². The monoisotopic (exact) mass is 314 g/mol. The smallest absolute Gasteiger partial charge is 0.243 e. The van der Waals surface area contributed by atoms with E-state index < -0.39 is 16.1 Å². The number of aliphatic hydroxyl groups is 1. The largest absolute Gasteiger partial charge is 0.394 e. The third kappa shape index (κ3) is 3.44. The van der Waals surface area contributed by atoms with Gasteiger partial charge < -0.3 is 15.6 Å². The van der Waals surface area contributed by atoms with Crippen molar-refractivity contribution >= 4 is 10.0 Å². The molecule has 0 saturated carbocycles. The minimum Gasteiger partial charge on any atom is -0.394 e. The van der Waals surface area contributed by atoms with E-state index in [0.29, 0.717) is 0 Å². The molecule has 21 heavy (non-hydrogen) atoms. The summed E-state index contributed by atoms with van der Waals surface area (Å²) in [6.45, 7) is 3.84. The van der Waals surface area contributed by atoms with E-state index in [4.69, 9.17) is 10.5 Å². The summed E-state index contributed by atoms with van der Waals surface area (Å²) < 4.78 is 32.3. The molecule has 0 aromatic heterocycles. The maximum atomic E-state index is 12.8. The van der Waals surface area contributed by atoms with Crippen molar-refractivity contribution in [2.24, 2.45) is 5.73 Å². The first-order valence-corrected chi connectivity index (χ1v) is 8.40. The summed E-state index contributed by atoms with van der Waals surface area (Å²) >= 11 is 0. The summed E-state index contributed by atoms with van der Waals surface area (Å²) in [7, 11) is -3.62. The summed E-state index contributed by atoms with van der Waals surface area (Å²) in [5.41, 5.74) is 6.59. The average Bonchev–Trinajstić information content (AvgIpc) is 2.47. The van der Waals surface area contributed by atoms with Gasteiger partial charge in [0.05, 0.1) is 24.2 Å². The fourth-order valence-corrected chi connectivity index (χ4v) is 4.03. The lowest BCUT2D eigenvalue weighted by atomic mass is 10.1. The lowest BCUT2D eigenvalue weighted by Gasteiger charge is -2.36. The lowest BCUT2D eigenvalue weighted by molar-refractivity contribution is -0.0516. The van der Waals surface area contributed by atoms with E-state index in [9.17, 15) is 13.5 Å². The third-order valence-corrected chi connectivity index (χ3v) is 5.62. The van der Waals surface area contributed by atoms with Crippen molar-refractivity contribution in [1.82, 2.24) is 4.31 Å². The second-order valence-electron chi connectivity index (χ2n) is 5.42. The number of hydrogen-bond donors (Lipinski definition) is 2. The van der Waals surface area contributed by atoms with E-state index in [0.717, 1.165) is 5.56 Å². The van der Waals surface area contributed by atoms with Crippen molar-refractivity contribution in [2.45, 2.75) is 36.9 Å². The molecule has 0 aliphatic carbocycles. The lowest BCUT2D eigenvalue weighted by Crippen LogP contribution is -2.51. The number of rotatable bonds is 4. The number of ether oxygens (including phenoxy) is 1. The van der Waals surface area contributed by atoms with Crippen molar-refractivity contribution < 1.29 is 18.3 Å². The second-order valence-corrected chi connectivity index (χ2v) is 7.31. The van der Waals surface area contributed by atoms with E-state index in [2.05, 4.69) is 0 Å². The van der Waals surface area contributed by atoms with Gasteiger partial charge in [-0.2, -0.15) is 4.31 Å². The van der Waals surface area contributed by atoms with Gasteiger partial charge in [0.2, 0.25) is 10.0 Å². The highest BCUT2D eigenvalue weighted by molar-refractivity contribution is 7.89. The molecule has 0 bridgehead atoms. The molecular formula is C14H22N2O4S. The van der Waals surface area contributed by atoms with Crippen LogP contribution in [0.15, 0.2) is 29.2 Å². The predicted octanol–water partition coefficient (Wildman–Crippen LogP) is 0.477. The highest BCUT2D eigenvalue weighted by Gasteiger charge is 2.35. The summed E-state index contributed by atoms with van der Waals surface area (Å²) in [6.07, 6.45) is -0.479. The molecule has 3 N–H and O–H groups in total. The number of morpholine rings is 1. The average molecular weight is 314 g/mol. The van der Waals surface area contributed by atoms with Gasteiger partial charge in [-0.15, -0.1) is 0 Å². The van der Waals surface area contributed by atoms with Gasteiger partial charge >= 0.3 is 0 Å². The first-order valence-electron chi connectivity index (χ1n) is 6.96. The van der Waals surface area contributed by atoms with Gasteiger partial charge in [-0.25, -0.2) is 8.42 Å². The number of nitrogens with zero attached hydrogens (tertiary/aromatic N) is 1. The fraction of sp³-hybridized carbons (Fsp3) is 0.571. The van der Waals surface area contributed by atoms with Crippen LogP contribution in [0, 0.1) is 0 Å². The van der Waals surface area contributed by atoms with Gasteiger partial charge in [-0.3, -0.25) is 0 Å². The first-order chi connectivity index (χ1) is 9.86. The van der Waals surface area contributed by atoms with Crippen LogP contribution in [0.2, 0.25) is 0 Å². The molecule has 118 valence electrons. The van der Waals surface area contributed by atoms with E-state index in [1.807, 2.05) is 13.0 Å². The van der Waals surface area contributed by atoms with Gasteiger partial charge in [-0.1, -0.05) is 12.1 Å². The Kier molecular flexibility index (Phi) is 5.00. The molecule has 1 aromatic rings. The Bertz CT molecular complexity index is 588. The Hall–Kier alpha value is -0.990. The molecule has 1 aliphatic heterocycles. The van der Waals surface area contributed by atoms with Crippen LogP contribution in [0.4, 0.5) is 0 Å². The van der Waals surface area contributed by atoms with Crippen molar-refractivity contribution in [3.8, 4) is 0 Å². The van der Waals surface area contributed by atoms with Crippen LogP contribution in [0.3, 0.4) is 0 Å².